The first-order valence-corrected chi connectivity index (χ1v) is 12.5. The minimum atomic E-state index is -1.52. The van der Waals surface area contributed by atoms with Gasteiger partial charge in [0.05, 0.1) is 10.6 Å². The summed E-state index contributed by atoms with van der Waals surface area (Å²) in [5.41, 5.74) is 4.37. The highest BCUT2D eigenvalue weighted by Crippen LogP contribution is 2.31. The molecule has 1 aliphatic heterocycles. The fourth-order valence-electron chi connectivity index (χ4n) is 3.61. The van der Waals surface area contributed by atoms with E-state index in [2.05, 4.69) is 31.9 Å². The van der Waals surface area contributed by atoms with Crippen LogP contribution in [0.5, 0.6) is 5.88 Å². The minimum Gasteiger partial charge on any atom is -0.471 e. The summed E-state index contributed by atoms with van der Waals surface area (Å²) in [7, 11) is 2.12. The average Bonchev–Trinajstić information content (AvgIpc) is 3.23. The number of primary amides is 1. The van der Waals surface area contributed by atoms with Crippen LogP contribution in [0.25, 0.3) is 0 Å². The molecule has 0 radical (unpaired) electrons. The standard InChI is InChI=1S/C22H28ClF3N6O3S/c1-31-7-9-32(10-8-31)6-4-2-3-5-28-22(34)29-21-16(19(27)33)20(30-36-21)35-12-13-15(24)11-14(23)18(26)17(13)25/h11H,2-10,12H2,1H3,(H2,27,33)(H2,28,29,34). The number of carbonyl (C=O) groups is 2. The van der Waals surface area contributed by atoms with Crippen molar-refractivity contribution in [1.82, 2.24) is 19.5 Å². The van der Waals surface area contributed by atoms with Gasteiger partial charge in [-0.1, -0.05) is 18.0 Å². The van der Waals surface area contributed by atoms with Gasteiger partial charge in [0.1, 0.15) is 23.0 Å². The fraction of sp³-hybridized carbons (Fsp3) is 0.500. The lowest BCUT2D eigenvalue weighted by atomic mass is 10.2. The number of hydrogen-bond donors (Lipinski definition) is 3. The molecular weight excluding hydrogens is 521 g/mol. The number of ether oxygens (including phenoxy) is 1. The molecule has 9 nitrogen and oxygen atoms in total. The molecule has 0 spiro atoms. The number of nitrogens with zero attached hydrogens (tertiary/aromatic N) is 3. The summed E-state index contributed by atoms with van der Waals surface area (Å²) in [5.74, 6) is -5.39. The molecule has 0 saturated carbocycles. The summed E-state index contributed by atoms with van der Waals surface area (Å²) in [6.07, 6.45) is 2.78. The first-order chi connectivity index (χ1) is 17.2. The zero-order chi connectivity index (χ0) is 26.2. The Morgan fingerprint density at radius 1 is 1.17 bits per heavy atom. The van der Waals surface area contributed by atoms with Crippen molar-refractivity contribution in [3.05, 3.63) is 39.7 Å². The molecule has 1 aliphatic rings. The van der Waals surface area contributed by atoms with Crippen molar-refractivity contribution in [3.8, 4) is 5.88 Å². The Morgan fingerprint density at radius 3 is 2.58 bits per heavy atom. The first kappa shape index (κ1) is 28.0. The molecule has 1 saturated heterocycles. The van der Waals surface area contributed by atoms with Crippen LogP contribution in [0.15, 0.2) is 6.07 Å². The van der Waals surface area contributed by atoms with Gasteiger partial charge in [-0.3, -0.25) is 10.1 Å². The Morgan fingerprint density at radius 2 is 1.89 bits per heavy atom. The fourth-order valence-corrected chi connectivity index (χ4v) is 4.53. The third-order valence-electron chi connectivity index (χ3n) is 5.73. The van der Waals surface area contributed by atoms with E-state index >= 15 is 0 Å². The molecule has 1 aromatic carbocycles. The van der Waals surface area contributed by atoms with Gasteiger partial charge in [-0.05, 0) is 44.0 Å². The number of unbranched alkanes of at least 4 members (excludes halogenated alkanes) is 2. The second-order valence-corrected chi connectivity index (χ2v) is 9.56. The Hall–Kier alpha value is -2.61. The zero-order valence-corrected chi connectivity index (χ0v) is 21.3. The van der Waals surface area contributed by atoms with E-state index in [0.717, 1.165) is 52.0 Å². The van der Waals surface area contributed by atoms with Crippen LogP contribution in [0.4, 0.5) is 23.0 Å². The van der Waals surface area contributed by atoms with E-state index in [0.29, 0.717) is 24.1 Å². The van der Waals surface area contributed by atoms with E-state index < -0.39 is 46.6 Å². The summed E-state index contributed by atoms with van der Waals surface area (Å²) >= 11 is 6.11. The number of urea groups is 1. The molecule has 3 amide bonds. The highest BCUT2D eigenvalue weighted by molar-refractivity contribution is 7.11. The van der Waals surface area contributed by atoms with Gasteiger partial charge in [-0.15, -0.1) is 0 Å². The lowest BCUT2D eigenvalue weighted by Gasteiger charge is -2.32. The number of piperazine rings is 1. The highest BCUT2D eigenvalue weighted by atomic mass is 35.5. The van der Waals surface area contributed by atoms with Crippen LogP contribution < -0.4 is 21.1 Å². The number of hydrogen-bond acceptors (Lipinski definition) is 7. The van der Waals surface area contributed by atoms with Crippen molar-refractivity contribution in [3.63, 3.8) is 0 Å². The van der Waals surface area contributed by atoms with Crippen LogP contribution in [0.1, 0.15) is 35.2 Å². The van der Waals surface area contributed by atoms with Gasteiger partial charge in [0.2, 0.25) is 5.88 Å². The van der Waals surface area contributed by atoms with E-state index in [4.69, 9.17) is 22.1 Å². The Labute approximate surface area is 215 Å². The lowest BCUT2D eigenvalue weighted by molar-refractivity contribution is 0.0996. The predicted octanol–water partition coefficient (Wildman–Crippen LogP) is 3.43. The van der Waals surface area contributed by atoms with Crippen LogP contribution in [0.2, 0.25) is 5.02 Å². The van der Waals surface area contributed by atoms with Crippen molar-refractivity contribution in [2.45, 2.75) is 25.9 Å². The quantitative estimate of drug-likeness (QED) is 0.225. The van der Waals surface area contributed by atoms with Gasteiger partial charge in [0.25, 0.3) is 5.91 Å². The molecule has 2 heterocycles. The number of anilines is 1. The molecular formula is C22H28ClF3N6O3S. The number of nitrogens with one attached hydrogen (secondary N) is 2. The molecule has 3 rings (SSSR count). The number of rotatable bonds is 11. The molecule has 0 bridgehead atoms. The SMILES string of the molecule is CN1CCN(CCCCCNC(=O)Nc2snc(OCc3c(F)cc(Cl)c(F)c3F)c2C(N)=O)CC1. The van der Waals surface area contributed by atoms with Crippen molar-refractivity contribution in [1.29, 1.82) is 0 Å². The van der Waals surface area contributed by atoms with E-state index in [1.165, 1.54) is 0 Å². The molecule has 0 aliphatic carbocycles. The smallest absolute Gasteiger partial charge is 0.319 e. The van der Waals surface area contributed by atoms with Gasteiger partial charge in [-0.25, -0.2) is 18.0 Å². The second-order valence-electron chi connectivity index (χ2n) is 8.38. The molecule has 1 aromatic heterocycles. The average molecular weight is 549 g/mol. The number of carbonyl (C=O) groups excluding carboxylic acids is 2. The molecule has 2 aromatic rings. The number of likely N-dealkylation sites (N-methyl/N-ethyl adjacent to an activating group) is 1. The molecule has 4 N–H and O–H groups in total. The molecule has 14 heteroatoms. The molecule has 1 fully saturated rings. The number of halogens is 4. The molecule has 198 valence electrons. The predicted molar refractivity (Wildman–Crippen MR) is 131 cm³/mol. The van der Waals surface area contributed by atoms with Gasteiger partial charge < -0.3 is 25.6 Å². The van der Waals surface area contributed by atoms with E-state index in [1.807, 2.05) is 0 Å². The first-order valence-electron chi connectivity index (χ1n) is 11.4. The lowest BCUT2D eigenvalue weighted by Crippen LogP contribution is -2.44. The van der Waals surface area contributed by atoms with E-state index in [-0.39, 0.29) is 16.4 Å². The van der Waals surface area contributed by atoms with Crippen molar-refractivity contribution in [2.24, 2.45) is 5.73 Å². The summed E-state index contributed by atoms with van der Waals surface area (Å²) < 4.78 is 50.7. The molecule has 36 heavy (non-hydrogen) atoms. The number of amides is 3. The Bertz CT molecular complexity index is 1080. The summed E-state index contributed by atoms with van der Waals surface area (Å²) in [4.78, 5) is 28.9. The highest BCUT2D eigenvalue weighted by Gasteiger charge is 2.24. The monoisotopic (exact) mass is 548 g/mol. The van der Waals surface area contributed by atoms with E-state index in [9.17, 15) is 22.8 Å². The second kappa shape index (κ2) is 13.1. The van der Waals surface area contributed by atoms with Crippen molar-refractivity contribution < 1.29 is 27.5 Å². The van der Waals surface area contributed by atoms with Gasteiger partial charge in [-0.2, -0.15) is 4.37 Å². The number of aromatic nitrogens is 1. The normalized spacial score (nSPS) is 14.6. The maximum Gasteiger partial charge on any atom is 0.319 e. The third kappa shape index (κ3) is 7.45. The van der Waals surface area contributed by atoms with Crippen molar-refractivity contribution in [2.75, 3.05) is 51.6 Å². The number of nitrogens with two attached hydrogens (primary N) is 1. The Kier molecular flexibility index (Phi) is 10.2. The minimum absolute atomic E-state index is 0.00768. The topological polar surface area (TPSA) is 113 Å². The van der Waals surface area contributed by atoms with Crippen LogP contribution in [0, 0.1) is 17.5 Å². The summed E-state index contributed by atoms with van der Waals surface area (Å²) in [5, 5.41) is 4.47. The summed E-state index contributed by atoms with van der Waals surface area (Å²) in [6, 6.07) is 0.0435. The van der Waals surface area contributed by atoms with Gasteiger partial charge in [0.15, 0.2) is 11.6 Å². The Balaban J connectivity index is 1.46. The third-order valence-corrected chi connectivity index (χ3v) is 6.75. The van der Waals surface area contributed by atoms with Crippen molar-refractivity contribution >= 4 is 40.1 Å². The van der Waals surface area contributed by atoms with Gasteiger partial charge in [0, 0.05) is 32.7 Å². The van der Waals surface area contributed by atoms with Crippen LogP contribution in [0.3, 0.4) is 0 Å². The van der Waals surface area contributed by atoms with Crippen LogP contribution >= 0.6 is 23.1 Å². The van der Waals surface area contributed by atoms with Crippen LogP contribution in [-0.4, -0.2) is 72.4 Å². The number of benzene rings is 1. The molecule has 0 atom stereocenters. The largest absolute Gasteiger partial charge is 0.471 e. The van der Waals surface area contributed by atoms with Crippen LogP contribution in [-0.2, 0) is 6.61 Å². The maximum atomic E-state index is 14.0. The maximum absolute atomic E-state index is 14.0. The molecule has 0 unspecified atom stereocenters. The zero-order valence-electron chi connectivity index (χ0n) is 19.7. The van der Waals surface area contributed by atoms with E-state index in [1.54, 1.807) is 0 Å². The van der Waals surface area contributed by atoms with Gasteiger partial charge >= 0.3 is 6.03 Å². The summed E-state index contributed by atoms with van der Waals surface area (Å²) in [6.45, 7) is 4.97.